The lowest BCUT2D eigenvalue weighted by Crippen LogP contribution is -2.70. The van der Waals surface area contributed by atoms with E-state index in [2.05, 4.69) is 4.99 Å². The van der Waals surface area contributed by atoms with Gasteiger partial charge in [-0.25, -0.2) is 9.79 Å². The van der Waals surface area contributed by atoms with Crippen LogP contribution in [0.15, 0.2) is 59.6 Å². The zero-order valence-electron chi connectivity index (χ0n) is 28.7. The summed E-state index contributed by atoms with van der Waals surface area (Å²) in [6, 6.07) is 10.1. The van der Waals surface area contributed by atoms with Gasteiger partial charge < -0.3 is 33.2 Å². The lowest BCUT2D eigenvalue weighted by Gasteiger charge is -2.50. The average molecular weight is 751 g/mol. The van der Waals surface area contributed by atoms with E-state index in [-0.39, 0.29) is 16.8 Å². The maximum absolute atomic E-state index is 14.6. The monoisotopic (exact) mass is 750 g/mol. The van der Waals surface area contributed by atoms with E-state index in [1.54, 1.807) is 0 Å². The molecule has 284 valence electrons. The second-order valence-electron chi connectivity index (χ2n) is 11.6. The largest absolute Gasteiger partial charge is 0.468 e. The molecule has 1 fully saturated rings. The predicted molar refractivity (Wildman–Crippen MR) is 169 cm³/mol. The van der Waals surface area contributed by atoms with Crippen LogP contribution in [0.25, 0.3) is 0 Å². The van der Waals surface area contributed by atoms with Crippen molar-refractivity contribution >= 4 is 53.2 Å². The van der Waals surface area contributed by atoms with Crippen LogP contribution in [-0.2, 0) is 57.1 Å². The van der Waals surface area contributed by atoms with Crippen molar-refractivity contribution in [1.29, 1.82) is 0 Å². The number of ether oxygens (including phenoxy) is 7. The van der Waals surface area contributed by atoms with Crippen LogP contribution in [0.2, 0.25) is 0 Å². The minimum absolute atomic E-state index is 0.145. The minimum Gasteiger partial charge on any atom is -0.464 e. The minimum atomic E-state index is -5.43. The molecule has 2 aliphatic rings. The Kier molecular flexibility index (Phi) is 12.2. The van der Waals surface area contributed by atoms with E-state index in [1.807, 2.05) is 0 Å². The van der Waals surface area contributed by atoms with Crippen molar-refractivity contribution in [2.45, 2.75) is 76.5 Å². The number of imide groups is 1. The van der Waals surface area contributed by atoms with E-state index in [1.165, 1.54) is 54.6 Å². The predicted octanol–water partition coefficient (Wildman–Crippen LogP) is 2.98. The number of benzene rings is 2. The van der Waals surface area contributed by atoms with Gasteiger partial charge in [0.2, 0.25) is 0 Å². The van der Waals surface area contributed by atoms with E-state index < -0.39 is 103 Å². The number of halogens is 3. The molecule has 6 atom stereocenters. The second-order valence-corrected chi connectivity index (χ2v) is 11.6. The first kappa shape index (κ1) is 39.9. The van der Waals surface area contributed by atoms with Gasteiger partial charge in [0.25, 0.3) is 11.8 Å². The fourth-order valence-corrected chi connectivity index (χ4v) is 5.78. The van der Waals surface area contributed by atoms with E-state index in [4.69, 9.17) is 33.2 Å². The molecule has 0 unspecified atom stereocenters. The highest BCUT2D eigenvalue weighted by molar-refractivity contribution is 6.21. The highest BCUT2D eigenvalue weighted by Crippen LogP contribution is 2.42. The molecule has 0 bridgehead atoms. The Hall–Kier alpha value is -5.85. The molecule has 53 heavy (non-hydrogen) atoms. The van der Waals surface area contributed by atoms with Crippen molar-refractivity contribution in [2.75, 3.05) is 13.7 Å². The van der Waals surface area contributed by atoms with Crippen LogP contribution in [0.5, 0.6) is 0 Å². The molecule has 0 aliphatic carbocycles. The van der Waals surface area contributed by atoms with Gasteiger partial charge in [-0.3, -0.25) is 33.7 Å². The van der Waals surface area contributed by atoms with Crippen LogP contribution < -0.4 is 0 Å². The van der Waals surface area contributed by atoms with Gasteiger partial charge in [-0.2, -0.15) is 13.2 Å². The number of methoxy groups -OCH3 is 1. The molecule has 1 saturated heterocycles. The quantitative estimate of drug-likeness (QED) is 0.107. The van der Waals surface area contributed by atoms with Crippen LogP contribution in [0.3, 0.4) is 0 Å². The molecule has 2 aliphatic heterocycles. The number of alkyl halides is 3. The van der Waals surface area contributed by atoms with Crippen LogP contribution in [0, 0.1) is 0 Å². The van der Waals surface area contributed by atoms with Gasteiger partial charge in [0.05, 0.1) is 30.3 Å². The van der Waals surface area contributed by atoms with Gasteiger partial charge in [0.1, 0.15) is 24.9 Å². The molecule has 2 heterocycles. The Morgan fingerprint density at radius 3 is 1.92 bits per heavy atom. The number of fused-ring (bicyclic) bond motifs is 1. The number of nitrogens with zero attached hydrogens (tertiary/aromatic N) is 2. The smallest absolute Gasteiger partial charge is 0.464 e. The van der Waals surface area contributed by atoms with Crippen molar-refractivity contribution in [3.63, 3.8) is 0 Å². The fourth-order valence-electron chi connectivity index (χ4n) is 5.78. The molecular formula is C34H33F3N2O14. The molecule has 0 spiro atoms. The van der Waals surface area contributed by atoms with Crippen LogP contribution in [0.1, 0.15) is 54.8 Å². The zero-order valence-corrected chi connectivity index (χ0v) is 28.7. The van der Waals surface area contributed by atoms with Crippen LogP contribution >= 0.6 is 0 Å². The Balaban J connectivity index is 2.03. The number of esters is 5. The number of hydrogen-bond donors (Lipinski definition) is 0. The molecule has 4 rings (SSSR count). The highest BCUT2D eigenvalue weighted by atomic mass is 19.4. The van der Waals surface area contributed by atoms with Crippen molar-refractivity contribution in [3.8, 4) is 0 Å². The average Bonchev–Trinajstić information content (AvgIpc) is 3.33. The topological polar surface area (TPSA) is 200 Å². The maximum Gasteiger partial charge on any atom is 0.468 e. The van der Waals surface area contributed by atoms with Crippen molar-refractivity contribution in [3.05, 3.63) is 65.7 Å². The first-order valence-corrected chi connectivity index (χ1v) is 15.7. The summed E-state index contributed by atoms with van der Waals surface area (Å²) in [7, 11) is 0.760. The molecule has 0 saturated carbocycles. The van der Waals surface area contributed by atoms with Gasteiger partial charge in [-0.15, -0.1) is 0 Å². The summed E-state index contributed by atoms with van der Waals surface area (Å²) in [6.45, 7) is 2.74. The van der Waals surface area contributed by atoms with E-state index in [0.29, 0.717) is 4.90 Å². The van der Waals surface area contributed by atoms with Gasteiger partial charge >= 0.3 is 47.7 Å². The maximum atomic E-state index is 14.6. The first-order chi connectivity index (χ1) is 24.9. The Bertz CT molecular complexity index is 1760. The first-order valence-electron chi connectivity index (χ1n) is 15.7. The number of aliphatic imine (C=N–C) groups is 1. The van der Waals surface area contributed by atoms with Gasteiger partial charge in [0, 0.05) is 27.7 Å². The summed E-state index contributed by atoms with van der Waals surface area (Å²) in [4.78, 5) is 95.0. The van der Waals surface area contributed by atoms with E-state index in [9.17, 15) is 46.7 Å². The molecule has 0 radical (unpaired) electrons. The molecule has 16 nitrogen and oxygen atoms in total. The van der Waals surface area contributed by atoms with Gasteiger partial charge in [0.15, 0.2) is 12.2 Å². The zero-order chi connectivity index (χ0) is 39.2. The van der Waals surface area contributed by atoms with Crippen molar-refractivity contribution < 1.29 is 79.9 Å². The van der Waals surface area contributed by atoms with Crippen LogP contribution in [-0.4, -0.2) is 109 Å². The summed E-state index contributed by atoms with van der Waals surface area (Å²) in [5, 5.41) is 0. The third-order valence-corrected chi connectivity index (χ3v) is 7.70. The van der Waals surface area contributed by atoms with Crippen molar-refractivity contribution in [1.82, 2.24) is 4.90 Å². The summed E-state index contributed by atoms with van der Waals surface area (Å²) in [6.07, 6.45) is -14.9. The molecule has 2 aromatic rings. The SMILES string of the molecule is COC(=O)[C@@]1(OC(=Nc2ccccc2)C(F)(F)F)C[C@H](OC(C)=O)[C@@H](N2C(=O)c3ccccc3C2=O)[C@H]([C@H](OC(C)=O)[C@@H](COC(C)=O)OC(C)=O)O1. The summed E-state index contributed by atoms with van der Waals surface area (Å²) in [5.41, 5.74) is -0.579. The Morgan fingerprint density at radius 1 is 0.868 bits per heavy atom. The molecule has 0 N–H and O–H groups in total. The molecule has 19 heteroatoms. The van der Waals surface area contributed by atoms with E-state index >= 15 is 0 Å². The summed E-state index contributed by atoms with van der Waals surface area (Å²) in [5.74, 6) is -13.3. The third-order valence-electron chi connectivity index (χ3n) is 7.70. The highest BCUT2D eigenvalue weighted by Gasteiger charge is 2.64. The molecule has 2 amide bonds. The molecule has 2 aromatic carbocycles. The van der Waals surface area contributed by atoms with E-state index in [0.717, 1.165) is 34.8 Å². The number of carbonyl (C=O) groups excluding carboxylic acids is 7. The summed E-state index contributed by atoms with van der Waals surface area (Å²) >= 11 is 0. The standard InChI is InChI=1S/C34H33F3N2O14/c1-17(40)48-16-25(50-19(3)42)27(51-20(4)43)28-26(39-29(44)22-13-9-10-14-23(22)30(39)45)24(49-18(2)41)15-33(52-28,32(46)47-5)53-31(34(35,36)37)38-21-11-7-6-8-12-21/h6-14,24-28H,15-16H2,1-5H3/t24-,25+,26+,27+,28+,33-/m0/s1. The molecule has 0 aromatic heterocycles. The third kappa shape index (κ3) is 9.15. The number of hydrogen-bond acceptors (Lipinski definition) is 15. The number of carbonyl (C=O) groups is 7. The second kappa shape index (κ2) is 16.2. The number of para-hydroxylation sites is 1. The number of rotatable bonds is 11. The normalized spacial score (nSPS) is 22.5. The summed E-state index contributed by atoms with van der Waals surface area (Å²) < 4.78 is 81.3. The molecular weight excluding hydrogens is 717 g/mol. The fraction of sp³-hybridized carbons (Fsp3) is 0.412. The lowest BCUT2D eigenvalue weighted by atomic mass is 9.86. The van der Waals surface area contributed by atoms with Gasteiger partial charge in [-0.1, -0.05) is 30.3 Å². The Morgan fingerprint density at radius 2 is 1.43 bits per heavy atom. The number of amides is 2. The lowest BCUT2D eigenvalue weighted by molar-refractivity contribution is -0.302. The Labute approximate surface area is 299 Å². The van der Waals surface area contributed by atoms with Gasteiger partial charge in [-0.05, 0) is 24.3 Å². The van der Waals surface area contributed by atoms with Crippen LogP contribution in [0.4, 0.5) is 18.9 Å². The van der Waals surface area contributed by atoms with Crippen molar-refractivity contribution in [2.24, 2.45) is 4.99 Å².